The Bertz CT molecular complexity index is 574. The highest BCUT2D eigenvalue weighted by atomic mass is 32.2. The molecule has 1 aromatic heterocycles. The molecule has 2 N–H and O–H groups in total. The van der Waals surface area contributed by atoms with E-state index >= 15 is 0 Å². The van der Waals surface area contributed by atoms with Gasteiger partial charge in [-0.25, -0.2) is 13.1 Å². The summed E-state index contributed by atoms with van der Waals surface area (Å²) in [5.41, 5.74) is 2.30. The fourth-order valence-electron chi connectivity index (χ4n) is 2.83. The minimum Gasteiger partial charge on any atom is -0.298 e. The van der Waals surface area contributed by atoms with Gasteiger partial charge in [-0.2, -0.15) is 5.10 Å². The Balaban J connectivity index is 2.03. The second-order valence-electron chi connectivity index (χ2n) is 6.71. The molecule has 1 fully saturated rings. The number of H-pyrrole nitrogens is 1. The van der Waals surface area contributed by atoms with Gasteiger partial charge in [-0.3, -0.25) is 10.00 Å². The number of nitrogens with zero attached hydrogens (tertiary/aromatic N) is 2. The SMILES string of the molecule is CCNS(=O)(=O)C1CCN(Cc2cn[nH]c2C(C)(C)C)C1. The second kappa shape index (κ2) is 6.06. The normalized spacial score (nSPS) is 21.0. The van der Waals surface area contributed by atoms with Gasteiger partial charge >= 0.3 is 0 Å². The van der Waals surface area contributed by atoms with E-state index in [9.17, 15) is 8.42 Å². The third-order valence-corrected chi connectivity index (χ3v) is 5.83. The van der Waals surface area contributed by atoms with E-state index < -0.39 is 10.0 Å². The van der Waals surface area contributed by atoms with Crippen molar-refractivity contribution in [1.29, 1.82) is 0 Å². The monoisotopic (exact) mass is 314 g/mol. The van der Waals surface area contributed by atoms with Crippen LogP contribution in [0.2, 0.25) is 0 Å². The number of likely N-dealkylation sites (tertiary alicyclic amines) is 1. The molecule has 2 rings (SSSR count). The molecule has 0 radical (unpaired) electrons. The van der Waals surface area contributed by atoms with Crippen LogP contribution in [0.15, 0.2) is 6.20 Å². The molecule has 21 heavy (non-hydrogen) atoms. The molecule has 7 heteroatoms. The first-order valence-corrected chi connectivity index (χ1v) is 9.02. The Morgan fingerprint density at radius 3 is 2.81 bits per heavy atom. The molecule has 0 amide bonds. The Morgan fingerprint density at radius 2 is 2.19 bits per heavy atom. The minimum atomic E-state index is -3.18. The van der Waals surface area contributed by atoms with Crippen molar-refractivity contribution in [2.75, 3.05) is 19.6 Å². The first-order valence-electron chi connectivity index (χ1n) is 7.47. The van der Waals surface area contributed by atoms with E-state index in [0.29, 0.717) is 19.5 Å². The van der Waals surface area contributed by atoms with Crippen molar-refractivity contribution in [1.82, 2.24) is 19.8 Å². The van der Waals surface area contributed by atoms with E-state index in [4.69, 9.17) is 0 Å². The molecule has 0 spiro atoms. The quantitative estimate of drug-likeness (QED) is 0.856. The van der Waals surface area contributed by atoms with Gasteiger partial charge in [0, 0.05) is 36.3 Å². The van der Waals surface area contributed by atoms with Crippen LogP contribution < -0.4 is 4.72 Å². The van der Waals surface area contributed by atoms with Crippen LogP contribution in [0.4, 0.5) is 0 Å². The lowest BCUT2D eigenvalue weighted by molar-refractivity contribution is 0.328. The molecule has 0 aliphatic carbocycles. The van der Waals surface area contributed by atoms with E-state index in [-0.39, 0.29) is 10.7 Å². The Hall–Kier alpha value is -0.920. The molecule has 0 saturated carbocycles. The maximum atomic E-state index is 12.1. The van der Waals surface area contributed by atoms with Gasteiger partial charge in [-0.15, -0.1) is 0 Å². The van der Waals surface area contributed by atoms with Crippen molar-refractivity contribution in [2.24, 2.45) is 0 Å². The molecule has 1 aliphatic heterocycles. The average molecular weight is 314 g/mol. The van der Waals surface area contributed by atoms with Crippen molar-refractivity contribution in [3.63, 3.8) is 0 Å². The van der Waals surface area contributed by atoms with Crippen LogP contribution in [0.25, 0.3) is 0 Å². The maximum Gasteiger partial charge on any atom is 0.215 e. The number of hydrogen-bond donors (Lipinski definition) is 2. The highest BCUT2D eigenvalue weighted by Gasteiger charge is 2.33. The van der Waals surface area contributed by atoms with Crippen LogP contribution in [0, 0.1) is 0 Å². The zero-order valence-electron chi connectivity index (χ0n) is 13.3. The highest BCUT2D eigenvalue weighted by molar-refractivity contribution is 7.90. The number of sulfonamides is 1. The molecule has 1 aliphatic rings. The summed E-state index contributed by atoms with van der Waals surface area (Å²) in [6.07, 6.45) is 2.55. The van der Waals surface area contributed by atoms with Crippen molar-refractivity contribution in [3.8, 4) is 0 Å². The van der Waals surface area contributed by atoms with Crippen LogP contribution in [0.5, 0.6) is 0 Å². The second-order valence-corrected chi connectivity index (χ2v) is 8.75. The molecule has 2 heterocycles. The van der Waals surface area contributed by atoms with Gasteiger partial charge in [0.1, 0.15) is 0 Å². The standard InChI is InChI=1S/C14H26N4O2S/c1-5-16-21(19,20)12-6-7-18(10-12)9-11-8-15-17-13(11)14(2,3)4/h8,12,16H,5-7,9-10H2,1-4H3,(H,15,17). The summed E-state index contributed by atoms with van der Waals surface area (Å²) in [6, 6.07) is 0. The molecule has 120 valence electrons. The van der Waals surface area contributed by atoms with E-state index in [1.165, 1.54) is 0 Å². The smallest absolute Gasteiger partial charge is 0.215 e. The number of aromatic nitrogens is 2. The van der Waals surface area contributed by atoms with E-state index in [1.54, 1.807) is 0 Å². The van der Waals surface area contributed by atoms with E-state index in [1.807, 2.05) is 13.1 Å². The molecule has 0 aromatic carbocycles. The first kappa shape index (κ1) is 16.5. The molecule has 1 atom stereocenters. The van der Waals surface area contributed by atoms with Gasteiger partial charge in [0.05, 0.1) is 11.4 Å². The largest absolute Gasteiger partial charge is 0.298 e. The molecular formula is C14H26N4O2S. The lowest BCUT2D eigenvalue weighted by Crippen LogP contribution is -2.36. The van der Waals surface area contributed by atoms with Gasteiger partial charge in [-0.1, -0.05) is 27.7 Å². The number of hydrogen-bond acceptors (Lipinski definition) is 4. The zero-order chi connectivity index (χ0) is 15.7. The number of rotatable bonds is 5. The first-order chi connectivity index (χ1) is 9.74. The van der Waals surface area contributed by atoms with Crippen molar-refractivity contribution >= 4 is 10.0 Å². The molecule has 1 saturated heterocycles. The molecule has 1 unspecified atom stereocenters. The maximum absolute atomic E-state index is 12.1. The fourth-order valence-corrected chi connectivity index (χ4v) is 4.30. The lowest BCUT2D eigenvalue weighted by atomic mass is 9.89. The predicted octanol–water partition coefficient (Wildman–Crippen LogP) is 1.22. The van der Waals surface area contributed by atoms with Gasteiger partial charge in [-0.05, 0) is 13.0 Å². The van der Waals surface area contributed by atoms with Gasteiger partial charge in [0.25, 0.3) is 0 Å². The summed E-state index contributed by atoms with van der Waals surface area (Å²) < 4.78 is 26.7. The summed E-state index contributed by atoms with van der Waals surface area (Å²) in [4.78, 5) is 2.19. The van der Waals surface area contributed by atoms with Crippen LogP contribution in [-0.4, -0.2) is 48.4 Å². The molecule has 0 bridgehead atoms. The number of nitrogens with one attached hydrogen (secondary N) is 2. The molecule has 6 nitrogen and oxygen atoms in total. The predicted molar refractivity (Wildman–Crippen MR) is 83.6 cm³/mol. The van der Waals surface area contributed by atoms with Gasteiger partial charge in [0.15, 0.2) is 0 Å². The topological polar surface area (TPSA) is 78.1 Å². The van der Waals surface area contributed by atoms with Crippen LogP contribution in [0.3, 0.4) is 0 Å². The highest BCUT2D eigenvalue weighted by Crippen LogP contribution is 2.26. The van der Waals surface area contributed by atoms with Gasteiger partial charge < -0.3 is 0 Å². The Labute approximate surface area is 127 Å². The summed E-state index contributed by atoms with van der Waals surface area (Å²) in [7, 11) is -3.18. The minimum absolute atomic E-state index is 0.0147. The number of aromatic amines is 1. The van der Waals surface area contributed by atoms with Crippen molar-refractivity contribution in [2.45, 2.75) is 51.3 Å². The average Bonchev–Trinajstić information content (AvgIpc) is 2.97. The lowest BCUT2D eigenvalue weighted by Gasteiger charge is -2.21. The van der Waals surface area contributed by atoms with Crippen molar-refractivity contribution in [3.05, 3.63) is 17.5 Å². The summed E-state index contributed by atoms with van der Waals surface area (Å²) in [5.74, 6) is 0. The van der Waals surface area contributed by atoms with Crippen LogP contribution in [0.1, 0.15) is 45.4 Å². The molecular weight excluding hydrogens is 288 g/mol. The third-order valence-electron chi connectivity index (χ3n) is 3.88. The van der Waals surface area contributed by atoms with Crippen LogP contribution >= 0.6 is 0 Å². The van der Waals surface area contributed by atoms with E-state index in [2.05, 4.69) is 40.6 Å². The summed E-state index contributed by atoms with van der Waals surface area (Å²) >= 11 is 0. The zero-order valence-corrected chi connectivity index (χ0v) is 14.1. The Kier molecular flexibility index (Phi) is 4.75. The van der Waals surface area contributed by atoms with E-state index in [0.717, 1.165) is 24.3 Å². The van der Waals surface area contributed by atoms with Crippen molar-refractivity contribution < 1.29 is 8.42 Å². The fraction of sp³-hybridized carbons (Fsp3) is 0.786. The Morgan fingerprint density at radius 1 is 1.48 bits per heavy atom. The molecule has 1 aromatic rings. The van der Waals surface area contributed by atoms with Crippen LogP contribution in [-0.2, 0) is 22.0 Å². The van der Waals surface area contributed by atoms with Gasteiger partial charge in [0.2, 0.25) is 10.0 Å². The summed E-state index contributed by atoms with van der Waals surface area (Å²) in [6.45, 7) is 10.8. The third kappa shape index (κ3) is 3.84. The summed E-state index contributed by atoms with van der Waals surface area (Å²) in [5, 5.41) is 6.92.